The molecule has 0 bridgehead atoms. The number of hydrogen-bond acceptors (Lipinski definition) is 6. The van der Waals surface area contributed by atoms with Crippen LogP contribution in [0, 0.1) is 0 Å². The molecule has 1 aliphatic carbocycles. The summed E-state index contributed by atoms with van der Waals surface area (Å²) >= 11 is 0. The average Bonchev–Trinajstić information content (AvgIpc) is 3.36. The molecule has 9 nitrogen and oxygen atoms in total. The molecule has 192 valence electrons. The molecule has 1 aliphatic rings. The van der Waals surface area contributed by atoms with E-state index in [1.807, 2.05) is 54.6 Å². The van der Waals surface area contributed by atoms with Crippen molar-refractivity contribution in [2.24, 2.45) is 15.2 Å². The molecule has 5 rings (SSSR count). The minimum Gasteiger partial charge on any atom is -0.497 e. The molecule has 0 spiro atoms. The first-order valence-electron chi connectivity index (χ1n) is 12.5. The van der Waals surface area contributed by atoms with E-state index < -0.39 is 0 Å². The van der Waals surface area contributed by atoms with Crippen LogP contribution in [0.3, 0.4) is 0 Å². The summed E-state index contributed by atoms with van der Waals surface area (Å²) in [7, 11) is 3.24. The number of methoxy groups -OCH3 is 1. The molecule has 2 N–H and O–H groups in total. The minimum atomic E-state index is -0.263. The highest BCUT2D eigenvalue weighted by atomic mass is 16.5. The standard InChI is InChI=1S/C29H29N7O2/c1-30-23(18-32-31-2)33-27-25(20-14-16-22(38-3)17-15-20)29(37)36-28(34-27)24(19-10-6-4-7-11-19)26(35-36)21-12-8-5-9-13-21/h5,8-10,12-18,34H,2,4,6-7,11H2,1,3H3,(H,30,33)/b32-18-. The van der Waals surface area contributed by atoms with E-state index in [0.29, 0.717) is 34.2 Å². The number of H-pyrrole nitrogens is 1. The van der Waals surface area contributed by atoms with Gasteiger partial charge in [-0.25, -0.2) is 0 Å². The monoisotopic (exact) mass is 507 g/mol. The van der Waals surface area contributed by atoms with Gasteiger partial charge in [-0.15, -0.1) is 0 Å². The summed E-state index contributed by atoms with van der Waals surface area (Å²) in [6.45, 7) is 3.39. The maximum atomic E-state index is 14.2. The van der Waals surface area contributed by atoms with Crippen LogP contribution in [0.5, 0.6) is 5.75 Å². The average molecular weight is 508 g/mol. The van der Waals surface area contributed by atoms with Crippen LogP contribution in [-0.4, -0.2) is 47.5 Å². The summed E-state index contributed by atoms with van der Waals surface area (Å²) in [4.78, 5) is 21.9. The maximum absolute atomic E-state index is 14.2. The Morgan fingerprint density at radius 2 is 1.89 bits per heavy atom. The van der Waals surface area contributed by atoms with Crippen LogP contribution in [0.25, 0.3) is 33.6 Å². The Bertz CT molecular complexity index is 1610. The summed E-state index contributed by atoms with van der Waals surface area (Å²) in [6.07, 6.45) is 7.87. The number of nitrogens with zero attached hydrogens (tertiary/aromatic N) is 5. The molecule has 9 heteroatoms. The zero-order valence-electron chi connectivity index (χ0n) is 21.4. The third-order valence-electron chi connectivity index (χ3n) is 6.58. The van der Waals surface area contributed by atoms with E-state index in [9.17, 15) is 4.79 Å². The largest absolute Gasteiger partial charge is 0.497 e. The van der Waals surface area contributed by atoms with Crippen molar-refractivity contribution in [3.8, 4) is 28.1 Å². The third kappa shape index (κ3) is 4.78. The first kappa shape index (κ1) is 24.9. The number of aliphatic imine (C=N–C) groups is 1. The van der Waals surface area contributed by atoms with Gasteiger partial charge in [-0.1, -0.05) is 48.5 Å². The summed E-state index contributed by atoms with van der Waals surface area (Å²) in [5.41, 5.74) is 5.31. The van der Waals surface area contributed by atoms with Crippen molar-refractivity contribution >= 4 is 35.8 Å². The van der Waals surface area contributed by atoms with E-state index in [1.54, 1.807) is 14.2 Å². The molecule has 0 saturated carbocycles. The number of benzene rings is 2. The zero-order valence-corrected chi connectivity index (χ0v) is 21.4. The SMILES string of the molecule is C=N/N=C\C(=N/C)Nc1[nH]c2c(C3=CCCCC3)c(-c3ccccc3)nn2c(=O)c1-c1ccc(OC)cc1. The maximum Gasteiger partial charge on any atom is 0.284 e. The molecule has 0 amide bonds. The Morgan fingerprint density at radius 1 is 1.11 bits per heavy atom. The predicted molar refractivity (Wildman–Crippen MR) is 155 cm³/mol. The lowest BCUT2D eigenvalue weighted by Crippen LogP contribution is -2.23. The minimum absolute atomic E-state index is 0.263. The number of nitrogens with one attached hydrogen (secondary N) is 2. The van der Waals surface area contributed by atoms with E-state index in [1.165, 1.54) is 16.3 Å². The van der Waals surface area contributed by atoms with Crippen molar-refractivity contribution in [2.45, 2.75) is 25.7 Å². The number of aromatic nitrogens is 3. The van der Waals surface area contributed by atoms with Crippen molar-refractivity contribution in [1.29, 1.82) is 0 Å². The highest BCUT2D eigenvalue weighted by Crippen LogP contribution is 2.37. The fourth-order valence-corrected chi connectivity index (χ4v) is 4.73. The van der Waals surface area contributed by atoms with E-state index in [4.69, 9.17) is 9.84 Å². The van der Waals surface area contributed by atoms with Crippen molar-refractivity contribution < 1.29 is 4.74 Å². The van der Waals surface area contributed by atoms with Gasteiger partial charge in [0.1, 0.15) is 28.7 Å². The fourth-order valence-electron chi connectivity index (χ4n) is 4.73. The second-order valence-corrected chi connectivity index (χ2v) is 8.85. The van der Waals surface area contributed by atoms with Crippen molar-refractivity contribution in [3.05, 3.63) is 76.6 Å². The van der Waals surface area contributed by atoms with Gasteiger partial charge in [0.25, 0.3) is 5.56 Å². The molecule has 4 aromatic rings. The lowest BCUT2D eigenvalue weighted by molar-refractivity contribution is 0.415. The van der Waals surface area contributed by atoms with E-state index >= 15 is 0 Å². The van der Waals surface area contributed by atoms with Gasteiger partial charge in [0, 0.05) is 24.9 Å². The number of fused-ring (bicyclic) bond motifs is 1. The number of anilines is 1. The fraction of sp³-hybridized carbons (Fsp3) is 0.207. The second kappa shape index (κ2) is 11.1. The highest BCUT2D eigenvalue weighted by Gasteiger charge is 2.24. The quantitative estimate of drug-likeness (QED) is 0.197. The molecule has 0 fully saturated rings. The third-order valence-corrected chi connectivity index (χ3v) is 6.58. The van der Waals surface area contributed by atoms with Crippen molar-refractivity contribution in [3.63, 3.8) is 0 Å². The molecule has 0 radical (unpaired) electrons. The van der Waals surface area contributed by atoms with Crippen LogP contribution in [0.1, 0.15) is 31.2 Å². The Labute approximate surface area is 220 Å². The first-order chi connectivity index (χ1) is 18.6. The van der Waals surface area contributed by atoms with Gasteiger partial charge < -0.3 is 15.0 Å². The van der Waals surface area contributed by atoms with Gasteiger partial charge in [0.15, 0.2) is 0 Å². The number of ether oxygens (including phenoxy) is 1. The Kier molecular flexibility index (Phi) is 7.26. The van der Waals surface area contributed by atoms with Gasteiger partial charge in [0.05, 0.1) is 18.9 Å². The lowest BCUT2D eigenvalue weighted by atomic mass is 9.92. The molecule has 0 unspecified atom stereocenters. The van der Waals surface area contributed by atoms with Crippen LogP contribution in [-0.2, 0) is 0 Å². The molecule has 38 heavy (non-hydrogen) atoms. The van der Waals surface area contributed by atoms with E-state index in [2.05, 4.69) is 38.3 Å². The van der Waals surface area contributed by atoms with E-state index in [-0.39, 0.29) is 5.56 Å². The van der Waals surface area contributed by atoms with Crippen LogP contribution in [0.2, 0.25) is 0 Å². The number of aromatic amines is 1. The second-order valence-electron chi connectivity index (χ2n) is 8.85. The van der Waals surface area contributed by atoms with Crippen LogP contribution in [0.15, 0.2) is 80.7 Å². The van der Waals surface area contributed by atoms with Crippen LogP contribution < -0.4 is 15.6 Å². The summed E-state index contributed by atoms with van der Waals surface area (Å²) < 4.78 is 6.79. The molecular weight excluding hydrogens is 478 g/mol. The topological polar surface area (TPSA) is 109 Å². The summed E-state index contributed by atoms with van der Waals surface area (Å²) in [6, 6.07) is 17.3. The Balaban J connectivity index is 1.81. The molecular formula is C29H29N7O2. The van der Waals surface area contributed by atoms with E-state index in [0.717, 1.165) is 42.5 Å². The first-order valence-corrected chi connectivity index (χ1v) is 12.5. The molecule has 0 saturated heterocycles. The molecule has 2 heterocycles. The van der Waals surface area contributed by atoms with Crippen molar-refractivity contribution in [2.75, 3.05) is 19.5 Å². The predicted octanol–water partition coefficient (Wildman–Crippen LogP) is 5.45. The number of rotatable bonds is 7. The molecule has 0 aliphatic heterocycles. The van der Waals surface area contributed by atoms with Crippen LogP contribution >= 0.6 is 0 Å². The highest BCUT2D eigenvalue weighted by molar-refractivity contribution is 6.35. The van der Waals surface area contributed by atoms with Crippen molar-refractivity contribution in [1.82, 2.24) is 14.6 Å². The molecule has 0 atom stereocenters. The van der Waals surface area contributed by atoms with Gasteiger partial charge in [-0.2, -0.15) is 19.8 Å². The molecule has 2 aromatic carbocycles. The van der Waals surface area contributed by atoms with Gasteiger partial charge in [-0.3, -0.25) is 9.79 Å². The van der Waals surface area contributed by atoms with Gasteiger partial charge >= 0.3 is 0 Å². The Hall–Kier alpha value is -4.79. The zero-order chi connectivity index (χ0) is 26.5. The molecule has 2 aromatic heterocycles. The number of allylic oxidation sites excluding steroid dienone is 2. The van der Waals surface area contributed by atoms with Crippen LogP contribution in [0.4, 0.5) is 5.82 Å². The lowest BCUT2D eigenvalue weighted by Gasteiger charge is -2.15. The normalized spacial score (nSPS) is 14.1. The van der Waals surface area contributed by atoms with Gasteiger partial charge in [0.2, 0.25) is 0 Å². The number of hydrogen-bond donors (Lipinski definition) is 2. The number of amidine groups is 1. The summed E-state index contributed by atoms with van der Waals surface area (Å²) in [5.74, 6) is 1.58. The summed E-state index contributed by atoms with van der Waals surface area (Å²) in [5, 5.41) is 15.5. The van der Waals surface area contributed by atoms with Gasteiger partial charge in [-0.05, 0) is 49.0 Å². The Morgan fingerprint density at radius 3 is 2.55 bits per heavy atom. The smallest absolute Gasteiger partial charge is 0.284 e.